The summed E-state index contributed by atoms with van der Waals surface area (Å²) in [7, 11) is -3.64. The number of nitrogens with two attached hydrogens (primary N) is 1. The normalized spacial score (nSPS) is 24.3. The van der Waals surface area contributed by atoms with Gasteiger partial charge in [-0.2, -0.15) is 0 Å². The molecule has 1 aromatic rings. The van der Waals surface area contributed by atoms with Crippen LogP contribution in [0.5, 0.6) is 0 Å². The van der Waals surface area contributed by atoms with Gasteiger partial charge in [0.2, 0.25) is 10.0 Å². The van der Waals surface area contributed by atoms with Crippen molar-refractivity contribution in [1.82, 2.24) is 4.72 Å². The molecule has 0 aliphatic heterocycles. The van der Waals surface area contributed by atoms with Crippen LogP contribution in [-0.4, -0.2) is 25.7 Å². The number of benzene rings is 1. The van der Waals surface area contributed by atoms with Crippen molar-refractivity contribution in [3.05, 3.63) is 23.8 Å². The molecule has 1 saturated carbocycles. The number of sulfonamides is 1. The standard InChI is InChI=1S/C13H20N2O3S/c1-9-10(14)5-4-8-13(9)19(17,18)15-11-6-2-3-7-12(11)16/h4-5,8,11-12,15-16H,2-3,6-7,14H2,1H3. The van der Waals surface area contributed by atoms with Gasteiger partial charge in [-0.1, -0.05) is 18.9 Å². The van der Waals surface area contributed by atoms with Gasteiger partial charge in [-0.15, -0.1) is 0 Å². The molecule has 5 nitrogen and oxygen atoms in total. The zero-order valence-electron chi connectivity index (χ0n) is 11.0. The first kappa shape index (κ1) is 14.3. The largest absolute Gasteiger partial charge is 0.398 e. The molecule has 0 saturated heterocycles. The van der Waals surface area contributed by atoms with Gasteiger partial charge in [0, 0.05) is 11.7 Å². The third kappa shape index (κ3) is 3.08. The van der Waals surface area contributed by atoms with Crippen molar-refractivity contribution < 1.29 is 13.5 Å². The average Bonchev–Trinajstić information content (AvgIpc) is 2.35. The summed E-state index contributed by atoms with van der Waals surface area (Å²) in [6.07, 6.45) is 2.58. The minimum absolute atomic E-state index is 0.185. The molecule has 1 aliphatic rings. The Morgan fingerprint density at radius 1 is 1.32 bits per heavy atom. The molecule has 106 valence electrons. The second kappa shape index (κ2) is 5.48. The Bertz CT molecular complexity index is 557. The summed E-state index contributed by atoms with van der Waals surface area (Å²) in [5, 5.41) is 9.85. The zero-order chi connectivity index (χ0) is 14.0. The highest BCUT2D eigenvalue weighted by Crippen LogP contribution is 2.24. The summed E-state index contributed by atoms with van der Waals surface area (Å²) in [4.78, 5) is 0.185. The molecule has 0 spiro atoms. The first-order valence-corrected chi connectivity index (χ1v) is 7.95. The molecule has 0 amide bonds. The Hall–Kier alpha value is -1.11. The molecule has 1 aliphatic carbocycles. The van der Waals surface area contributed by atoms with E-state index in [2.05, 4.69) is 4.72 Å². The number of hydrogen-bond donors (Lipinski definition) is 3. The molecule has 0 aromatic heterocycles. The van der Waals surface area contributed by atoms with Crippen molar-refractivity contribution in [2.75, 3.05) is 5.73 Å². The number of aliphatic hydroxyl groups is 1. The molecule has 2 unspecified atom stereocenters. The molecule has 1 fully saturated rings. The highest BCUT2D eigenvalue weighted by Gasteiger charge is 2.28. The van der Waals surface area contributed by atoms with Crippen LogP contribution in [0, 0.1) is 6.92 Å². The van der Waals surface area contributed by atoms with Crippen LogP contribution in [0.4, 0.5) is 5.69 Å². The number of nitrogens with one attached hydrogen (secondary N) is 1. The summed E-state index contributed by atoms with van der Waals surface area (Å²) in [6, 6.07) is 4.42. The Morgan fingerprint density at radius 3 is 2.68 bits per heavy atom. The maximum atomic E-state index is 12.3. The van der Waals surface area contributed by atoms with E-state index in [1.165, 1.54) is 6.07 Å². The lowest BCUT2D eigenvalue weighted by atomic mass is 9.93. The second-order valence-corrected chi connectivity index (χ2v) is 6.73. The van der Waals surface area contributed by atoms with Gasteiger partial charge in [0.05, 0.1) is 11.0 Å². The predicted octanol–water partition coefficient (Wildman–Crippen LogP) is 1.16. The van der Waals surface area contributed by atoms with E-state index >= 15 is 0 Å². The first-order valence-electron chi connectivity index (χ1n) is 6.47. The van der Waals surface area contributed by atoms with Gasteiger partial charge < -0.3 is 10.8 Å². The topological polar surface area (TPSA) is 92.4 Å². The van der Waals surface area contributed by atoms with Crippen LogP contribution >= 0.6 is 0 Å². The lowest BCUT2D eigenvalue weighted by molar-refractivity contribution is 0.101. The quantitative estimate of drug-likeness (QED) is 0.726. The van der Waals surface area contributed by atoms with E-state index in [0.29, 0.717) is 24.1 Å². The van der Waals surface area contributed by atoms with Crippen molar-refractivity contribution in [3.8, 4) is 0 Å². The highest BCUT2D eigenvalue weighted by atomic mass is 32.2. The Morgan fingerprint density at radius 2 is 2.00 bits per heavy atom. The van der Waals surface area contributed by atoms with E-state index in [0.717, 1.165) is 12.8 Å². The Kier molecular flexibility index (Phi) is 4.13. The summed E-state index contributed by atoms with van der Waals surface area (Å²) < 4.78 is 27.3. The fraction of sp³-hybridized carbons (Fsp3) is 0.538. The monoisotopic (exact) mass is 284 g/mol. The van der Waals surface area contributed by atoms with Crippen molar-refractivity contribution >= 4 is 15.7 Å². The van der Waals surface area contributed by atoms with Gasteiger partial charge in [0.15, 0.2) is 0 Å². The van der Waals surface area contributed by atoms with Crippen LogP contribution in [0.2, 0.25) is 0 Å². The zero-order valence-corrected chi connectivity index (χ0v) is 11.8. The molecule has 0 heterocycles. The molecular weight excluding hydrogens is 264 g/mol. The predicted molar refractivity (Wildman–Crippen MR) is 74.2 cm³/mol. The molecule has 0 bridgehead atoms. The molecule has 0 radical (unpaired) electrons. The molecule has 19 heavy (non-hydrogen) atoms. The van der Waals surface area contributed by atoms with Crippen molar-refractivity contribution in [3.63, 3.8) is 0 Å². The molecular formula is C13H20N2O3S. The third-order valence-corrected chi connectivity index (χ3v) is 5.29. The van der Waals surface area contributed by atoms with E-state index in [1.54, 1.807) is 19.1 Å². The van der Waals surface area contributed by atoms with E-state index in [4.69, 9.17) is 5.73 Å². The average molecular weight is 284 g/mol. The summed E-state index contributed by atoms with van der Waals surface area (Å²) >= 11 is 0. The summed E-state index contributed by atoms with van der Waals surface area (Å²) in [5.74, 6) is 0. The van der Waals surface area contributed by atoms with E-state index in [-0.39, 0.29) is 4.90 Å². The van der Waals surface area contributed by atoms with Gasteiger partial charge in [0.1, 0.15) is 0 Å². The number of rotatable bonds is 3. The Labute approximate surface area is 113 Å². The minimum Gasteiger partial charge on any atom is -0.398 e. The number of anilines is 1. The summed E-state index contributed by atoms with van der Waals surface area (Å²) in [5.41, 5.74) is 6.73. The van der Waals surface area contributed by atoms with Crippen LogP contribution in [-0.2, 0) is 10.0 Å². The van der Waals surface area contributed by atoms with Crippen LogP contribution < -0.4 is 10.5 Å². The van der Waals surface area contributed by atoms with Gasteiger partial charge in [-0.05, 0) is 37.5 Å². The van der Waals surface area contributed by atoms with Crippen LogP contribution in [0.1, 0.15) is 31.2 Å². The van der Waals surface area contributed by atoms with Crippen LogP contribution in [0.3, 0.4) is 0 Å². The fourth-order valence-electron chi connectivity index (χ4n) is 2.43. The summed E-state index contributed by atoms with van der Waals surface area (Å²) in [6.45, 7) is 1.68. The molecule has 6 heteroatoms. The van der Waals surface area contributed by atoms with E-state index < -0.39 is 22.2 Å². The lowest BCUT2D eigenvalue weighted by Gasteiger charge is -2.28. The highest BCUT2D eigenvalue weighted by molar-refractivity contribution is 7.89. The molecule has 2 rings (SSSR count). The van der Waals surface area contributed by atoms with Gasteiger partial charge >= 0.3 is 0 Å². The van der Waals surface area contributed by atoms with E-state index in [9.17, 15) is 13.5 Å². The maximum absolute atomic E-state index is 12.3. The van der Waals surface area contributed by atoms with Crippen molar-refractivity contribution in [2.24, 2.45) is 0 Å². The Balaban J connectivity index is 2.25. The first-order chi connectivity index (χ1) is 8.92. The number of nitrogen functional groups attached to an aromatic ring is 1. The van der Waals surface area contributed by atoms with Gasteiger partial charge in [-0.25, -0.2) is 13.1 Å². The van der Waals surface area contributed by atoms with Crippen molar-refractivity contribution in [1.29, 1.82) is 0 Å². The second-order valence-electron chi connectivity index (χ2n) is 5.05. The number of hydrogen-bond acceptors (Lipinski definition) is 4. The smallest absolute Gasteiger partial charge is 0.241 e. The van der Waals surface area contributed by atoms with Crippen LogP contribution in [0.25, 0.3) is 0 Å². The molecule has 2 atom stereocenters. The van der Waals surface area contributed by atoms with Crippen molar-refractivity contribution in [2.45, 2.75) is 49.6 Å². The van der Waals surface area contributed by atoms with Crippen LogP contribution in [0.15, 0.2) is 23.1 Å². The van der Waals surface area contributed by atoms with Gasteiger partial charge in [-0.3, -0.25) is 0 Å². The maximum Gasteiger partial charge on any atom is 0.241 e. The molecule has 1 aromatic carbocycles. The number of aliphatic hydroxyl groups excluding tert-OH is 1. The minimum atomic E-state index is -3.64. The van der Waals surface area contributed by atoms with E-state index in [1.807, 2.05) is 0 Å². The fourth-order valence-corrected chi connectivity index (χ4v) is 4.01. The third-order valence-electron chi connectivity index (χ3n) is 3.65. The lowest BCUT2D eigenvalue weighted by Crippen LogP contribution is -2.45. The van der Waals surface area contributed by atoms with Gasteiger partial charge in [0.25, 0.3) is 0 Å². The molecule has 4 N–H and O–H groups in total. The SMILES string of the molecule is Cc1c(N)cccc1S(=O)(=O)NC1CCCCC1O.